The lowest BCUT2D eigenvalue weighted by Crippen LogP contribution is -2.54. The van der Waals surface area contributed by atoms with Crippen LogP contribution in [-0.2, 0) is 4.79 Å². The van der Waals surface area contributed by atoms with E-state index in [1.54, 1.807) is 43.3 Å². The van der Waals surface area contributed by atoms with Gasteiger partial charge < -0.3 is 4.74 Å². The minimum absolute atomic E-state index is 0.401. The second kappa shape index (κ2) is 5.66. The van der Waals surface area contributed by atoms with E-state index in [0.717, 1.165) is 5.56 Å². The molecule has 4 rings (SSSR count). The zero-order valence-corrected chi connectivity index (χ0v) is 14.4. The summed E-state index contributed by atoms with van der Waals surface area (Å²) < 4.78 is 6.04. The molecule has 0 N–H and O–H groups in total. The normalized spacial score (nSPS) is 23.8. The Labute approximate surface area is 150 Å². The maximum atomic E-state index is 13.3. The maximum absolute atomic E-state index is 13.3. The van der Waals surface area contributed by atoms with Gasteiger partial charge in [0.15, 0.2) is 0 Å². The summed E-state index contributed by atoms with van der Waals surface area (Å²) in [4.78, 5) is 24.2. The number of nitro groups is 1. The third kappa shape index (κ3) is 2.20. The molecular weight excluding hydrogens is 334 g/mol. The van der Waals surface area contributed by atoms with Gasteiger partial charge in [0.2, 0.25) is 12.1 Å². The van der Waals surface area contributed by atoms with Crippen molar-refractivity contribution < 1.29 is 14.5 Å². The maximum Gasteiger partial charge on any atom is 0.298 e. The molecule has 0 bridgehead atoms. The van der Waals surface area contributed by atoms with Gasteiger partial charge in [-0.15, -0.1) is 0 Å². The molecule has 0 aromatic heterocycles. The van der Waals surface area contributed by atoms with Crippen LogP contribution in [0.3, 0.4) is 0 Å². The van der Waals surface area contributed by atoms with Crippen molar-refractivity contribution in [2.45, 2.75) is 25.4 Å². The quantitative estimate of drug-likeness (QED) is 0.628. The molecule has 0 saturated carbocycles. The van der Waals surface area contributed by atoms with Gasteiger partial charge in [-0.2, -0.15) is 10.1 Å². The van der Waals surface area contributed by atoms with Gasteiger partial charge in [0.05, 0.1) is 11.4 Å². The summed E-state index contributed by atoms with van der Waals surface area (Å²) in [6.45, 7) is 3.23. The van der Waals surface area contributed by atoms with Crippen LogP contribution >= 0.6 is 0 Å². The number of amides is 1. The number of aryl methyl sites for hydroxylation is 1. The molecule has 0 fully saturated rings. The second-order valence-corrected chi connectivity index (χ2v) is 6.58. The molecule has 7 nitrogen and oxygen atoms in total. The molecule has 2 aliphatic rings. The molecule has 26 heavy (non-hydrogen) atoms. The number of fused-ring (bicyclic) bond motifs is 1. The van der Waals surface area contributed by atoms with Crippen molar-refractivity contribution >= 4 is 17.3 Å². The Morgan fingerprint density at radius 1 is 1.19 bits per heavy atom. The molecular formula is C19H17N3O4. The lowest BCUT2D eigenvalue weighted by Gasteiger charge is -2.27. The number of para-hydroxylation sites is 1. The van der Waals surface area contributed by atoms with Crippen molar-refractivity contribution in [2.75, 3.05) is 11.6 Å². The number of benzene rings is 2. The fourth-order valence-corrected chi connectivity index (χ4v) is 3.66. The van der Waals surface area contributed by atoms with E-state index in [4.69, 9.17) is 4.74 Å². The van der Waals surface area contributed by atoms with Crippen molar-refractivity contribution in [3.63, 3.8) is 0 Å². The van der Waals surface area contributed by atoms with E-state index >= 15 is 0 Å². The Balaban J connectivity index is 1.80. The SMILES string of the molecule is CC1=NN(c2ccc(C)cc2)C(=O)[C@]12Oc1ccccc1[C@H]2C[N+](=O)[O-]. The predicted molar refractivity (Wildman–Crippen MR) is 96.2 cm³/mol. The van der Waals surface area contributed by atoms with E-state index in [2.05, 4.69) is 5.10 Å². The highest BCUT2D eigenvalue weighted by molar-refractivity contribution is 6.23. The average molecular weight is 351 g/mol. The van der Waals surface area contributed by atoms with Gasteiger partial charge in [0.1, 0.15) is 11.7 Å². The summed E-state index contributed by atoms with van der Waals surface area (Å²) in [6, 6.07) is 14.4. The van der Waals surface area contributed by atoms with Gasteiger partial charge in [-0.1, -0.05) is 35.9 Å². The Morgan fingerprint density at radius 3 is 2.58 bits per heavy atom. The van der Waals surface area contributed by atoms with Crippen molar-refractivity contribution in [3.8, 4) is 5.75 Å². The van der Waals surface area contributed by atoms with Gasteiger partial charge in [0.25, 0.3) is 5.91 Å². The molecule has 2 aliphatic heterocycles. The summed E-state index contributed by atoms with van der Waals surface area (Å²) >= 11 is 0. The van der Waals surface area contributed by atoms with E-state index in [0.29, 0.717) is 22.7 Å². The van der Waals surface area contributed by atoms with Gasteiger partial charge >= 0.3 is 0 Å². The summed E-state index contributed by atoms with van der Waals surface area (Å²) in [5.41, 5.74) is 1.29. The summed E-state index contributed by atoms with van der Waals surface area (Å²) in [5, 5.41) is 17.0. The molecule has 1 amide bonds. The summed E-state index contributed by atoms with van der Waals surface area (Å²) in [7, 11) is 0. The number of carbonyl (C=O) groups is 1. The van der Waals surface area contributed by atoms with E-state index in [1.165, 1.54) is 5.01 Å². The number of hydrogen-bond acceptors (Lipinski definition) is 5. The van der Waals surface area contributed by atoms with Gasteiger partial charge in [0, 0.05) is 10.5 Å². The monoisotopic (exact) mass is 351 g/mol. The predicted octanol–water partition coefficient (Wildman–Crippen LogP) is 2.91. The van der Waals surface area contributed by atoms with Crippen LogP contribution in [-0.4, -0.2) is 28.7 Å². The minimum atomic E-state index is -1.47. The van der Waals surface area contributed by atoms with Crippen LogP contribution in [0.1, 0.15) is 24.0 Å². The molecule has 0 unspecified atom stereocenters. The van der Waals surface area contributed by atoms with Crippen LogP contribution < -0.4 is 9.75 Å². The van der Waals surface area contributed by atoms with Crippen molar-refractivity contribution in [2.24, 2.45) is 5.10 Å². The van der Waals surface area contributed by atoms with Gasteiger partial charge in [-0.3, -0.25) is 14.9 Å². The fraction of sp³-hybridized carbons (Fsp3) is 0.263. The summed E-state index contributed by atoms with van der Waals surface area (Å²) in [6.07, 6.45) is 0. The van der Waals surface area contributed by atoms with Crippen LogP contribution in [0.2, 0.25) is 0 Å². The summed E-state index contributed by atoms with van der Waals surface area (Å²) in [5.74, 6) is -0.629. The Hall–Kier alpha value is -3.22. The third-order valence-corrected chi connectivity index (χ3v) is 4.96. The highest BCUT2D eigenvalue weighted by Gasteiger charge is 2.63. The van der Waals surface area contributed by atoms with Crippen molar-refractivity contribution in [1.29, 1.82) is 0 Å². The van der Waals surface area contributed by atoms with E-state index < -0.39 is 28.9 Å². The molecule has 0 radical (unpaired) electrons. The van der Waals surface area contributed by atoms with Crippen LogP contribution in [0.25, 0.3) is 0 Å². The van der Waals surface area contributed by atoms with E-state index in [-0.39, 0.29) is 0 Å². The van der Waals surface area contributed by atoms with E-state index in [9.17, 15) is 14.9 Å². The smallest absolute Gasteiger partial charge is 0.298 e. The number of hydrazone groups is 1. The molecule has 1 spiro atoms. The number of anilines is 1. The first-order chi connectivity index (χ1) is 12.4. The van der Waals surface area contributed by atoms with Crippen LogP contribution in [0.15, 0.2) is 53.6 Å². The topological polar surface area (TPSA) is 85.0 Å². The highest BCUT2D eigenvalue weighted by Crippen LogP contribution is 2.49. The first kappa shape index (κ1) is 16.3. The molecule has 0 saturated heterocycles. The number of nitrogens with zero attached hydrogens (tertiary/aromatic N) is 3. The molecule has 0 aliphatic carbocycles. The molecule has 2 atom stereocenters. The first-order valence-electron chi connectivity index (χ1n) is 8.30. The number of carbonyl (C=O) groups excluding carboxylic acids is 1. The van der Waals surface area contributed by atoms with Crippen LogP contribution in [0.5, 0.6) is 5.75 Å². The lowest BCUT2D eigenvalue weighted by atomic mass is 9.81. The molecule has 2 heterocycles. The Morgan fingerprint density at radius 2 is 1.88 bits per heavy atom. The number of ether oxygens (including phenoxy) is 1. The van der Waals surface area contributed by atoms with Gasteiger partial charge in [-0.25, -0.2) is 0 Å². The van der Waals surface area contributed by atoms with Gasteiger partial charge in [-0.05, 0) is 32.0 Å². The third-order valence-electron chi connectivity index (χ3n) is 4.96. The zero-order chi connectivity index (χ0) is 18.5. The average Bonchev–Trinajstić information content (AvgIpc) is 3.06. The van der Waals surface area contributed by atoms with E-state index in [1.807, 2.05) is 19.1 Å². The molecule has 2 aromatic carbocycles. The number of hydrogen-bond donors (Lipinski definition) is 0. The number of rotatable bonds is 3. The molecule has 2 aromatic rings. The van der Waals surface area contributed by atoms with Crippen molar-refractivity contribution in [1.82, 2.24) is 0 Å². The Bertz CT molecular complexity index is 938. The zero-order valence-electron chi connectivity index (χ0n) is 14.4. The Kier molecular flexibility index (Phi) is 3.54. The minimum Gasteiger partial charge on any atom is -0.470 e. The lowest BCUT2D eigenvalue weighted by molar-refractivity contribution is -0.484. The molecule has 132 valence electrons. The second-order valence-electron chi connectivity index (χ2n) is 6.58. The first-order valence-corrected chi connectivity index (χ1v) is 8.30. The highest BCUT2D eigenvalue weighted by atomic mass is 16.6. The van der Waals surface area contributed by atoms with Crippen LogP contribution in [0.4, 0.5) is 5.69 Å². The fourth-order valence-electron chi connectivity index (χ4n) is 3.66. The van der Waals surface area contributed by atoms with Crippen molar-refractivity contribution in [3.05, 3.63) is 69.8 Å². The standard InChI is InChI=1S/C19H17N3O4/c1-12-7-9-14(10-8-12)22-18(23)19(13(2)20-22)16(11-21(24)25)15-5-3-4-6-17(15)26-19/h3-10,16H,11H2,1-2H3/t16-,19+/m1/s1. The van der Waals surface area contributed by atoms with Crippen LogP contribution in [0, 0.1) is 17.0 Å². The largest absolute Gasteiger partial charge is 0.470 e. The molecule has 7 heteroatoms.